The molecule has 94 valence electrons. The lowest BCUT2D eigenvalue weighted by molar-refractivity contribution is 0.330. The van der Waals surface area contributed by atoms with Gasteiger partial charge in [-0.15, -0.1) is 0 Å². The Hall–Kier alpha value is -1.18. The summed E-state index contributed by atoms with van der Waals surface area (Å²) in [7, 11) is 0. The molecule has 2 heteroatoms. The molecule has 17 heavy (non-hydrogen) atoms. The van der Waals surface area contributed by atoms with Gasteiger partial charge in [0.05, 0.1) is 0 Å². The van der Waals surface area contributed by atoms with E-state index in [0.717, 1.165) is 17.2 Å². The Labute approximate surface area is 105 Å². The molecule has 1 aliphatic carbocycles. The zero-order valence-corrected chi connectivity index (χ0v) is 11.0. The van der Waals surface area contributed by atoms with Gasteiger partial charge in [-0.2, -0.15) is 0 Å². The van der Waals surface area contributed by atoms with Crippen LogP contribution < -0.4 is 11.1 Å². The topological polar surface area (TPSA) is 38.0 Å². The highest BCUT2D eigenvalue weighted by molar-refractivity contribution is 5.58. The first-order valence-electron chi connectivity index (χ1n) is 6.81. The van der Waals surface area contributed by atoms with Gasteiger partial charge in [0.15, 0.2) is 0 Å². The van der Waals surface area contributed by atoms with E-state index < -0.39 is 0 Å². The minimum Gasteiger partial charge on any atom is -0.398 e. The quantitative estimate of drug-likeness (QED) is 0.774. The molecule has 0 spiro atoms. The minimum absolute atomic E-state index is 0.639. The molecule has 2 nitrogen and oxygen atoms in total. The van der Waals surface area contributed by atoms with Crippen LogP contribution in [0, 0.1) is 12.8 Å². The van der Waals surface area contributed by atoms with Crippen molar-refractivity contribution in [1.82, 2.24) is 0 Å². The molecule has 3 N–H and O–H groups in total. The summed E-state index contributed by atoms with van der Waals surface area (Å²) in [6, 6.07) is 6.92. The summed E-state index contributed by atoms with van der Waals surface area (Å²) in [5.41, 5.74) is 9.15. The van der Waals surface area contributed by atoms with Crippen LogP contribution in [0.3, 0.4) is 0 Å². The fourth-order valence-electron chi connectivity index (χ4n) is 2.68. The van der Waals surface area contributed by atoms with Crippen molar-refractivity contribution in [2.24, 2.45) is 5.92 Å². The molecule has 0 radical (unpaired) electrons. The largest absolute Gasteiger partial charge is 0.398 e. The van der Waals surface area contributed by atoms with Crippen LogP contribution >= 0.6 is 0 Å². The Morgan fingerprint density at radius 1 is 1.24 bits per heavy atom. The number of nitrogens with one attached hydrogen (secondary N) is 1. The molecule has 0 bridgehead atoms. The van der Waals surface area contributed by atoms with Crippen molar-refractivity contribution in [3.8, 4) is 0 Å². The summed E-state index contributed by atoms with van der Waals surface area (Å²) in [5, 5.41) is 3.61. The van der Waals surface area contributed by atoms with Crippen molar-refractivity contribution in [2.45, 2.75) is 52.0 Å². The number of nitrogen functional groups attached to an aromatic ring is 1. The number of nitrogens with two attached hydrogens (primary N) is 1. The normalized spacial score (nSPS) is 24.6. The fourth-order valence-corrected chi connectivity index (χ4v) is 2.68. The predicted molar refractivity (Wildman–Crippen MR) is 75.3 cm³/mol. The van der Waals surface area contributed by atoms with E-state index in [2.05, 4.69) is 30.4 Å². The lowest BCUT2D eigenvalue weighted by atomic mass is 9.84. The van der Waals surface area contributed by atoms with E-state index in [0.29, 0.717) is 6.04 Å². The zero-order valence-electron chi connectivity index (χ0n) is 11.0. The average Bonchev–Trinajstić information content (AvgIpc) is 2.35. The number of hydrogen-bond donors (Lipinski definition) is 2. The maximum atomic E-state index is 5.93. The minimum atomic E-state index is 0.639. The Balaban J connectivity index is 1.91. The Kier molecular flexibility index (Phi) is 3.93. The molecule has 1 saturated carbocycles. The standard InChI is InChI=1S/C15H24N2/c1-3-12-5-8-13(9-6-12)17-14-7-4-11(2)15(16)10-14/h4,7,10,12-13,17H,3,5-6,8-9,16H2,1-2H3. The third kappa shape index (κ3) is 3.15. The molecule has 0 unspecified atom stereocenters. The zero-order chi connectivity index (χ0) is 12.3. The molecule has 0 aliphatic heterocycles. The van der Waals surface area contributed by atoms with E-state index in [1.807, 2.05) is 6.92 Å². The van der Waals surface area contributed by atoms with Crippen molar-refractivity contribution in [1.29, 1.82) is 0 Å². The second-order valence-corrected chi connectivity index (χ2v) is 5.34. The maximum absolute atomic E-state index is 5.93. The van der Waals surface area contributed by atoms with Crippen LogP contribution in [-0.4, -0.2) is 6.04 Å². The van der Waals surface area contributed by atoms with Crippen molar-refractivity contribution in [3.63, 3.8) is 0 Å². The number of benzene rings is 1. The number of anilines is 2. The molecular weight excluding hydrogens is 208 g/mol. The average molecular weight is 232 g/mol. The van der Waals surface area contributed by atoms with E-state index in [1.54, 1.807) is 0 Å². The van der Waals surface area contributed by atoms with E-state index >= 15 is 0 Å². The van der Waals surface area contributed by atoms with E-state index in [9.17, 15) is 0 Å². The highest BCUT2D eigenvalue weighted by Crippen LogP contribution is 2.29. The molecule has 1 aliphatic rings. The highest BCUT2D eigenvalue weighted by Gasteiger charge is 2.19. The van der Waals surface area contributed by atoms with Gasteiger partial charge in [0.1, 0.15) is 0 Å². The van der Waals surface area contributed by atoms with Gasteiger partial charge in [-0.1, -0.05) is 19.4 Å². The molecular formula is C15H24N2. The van der Waals surface area contributed by atoms with Gasteiger partial charge < -0.3 is 11.1 Å². The summed E-state index contributed by atoms with van der Waals surface area (Å²) >= 11 is 0. The van der Waals surface area contributed by atoms with E-state index in [-0.39, 0.29) is 0 Å². The van der Waals surface area contributed by atoms with Crippen molar-refractivity contribution < 1.29 is 0 Å². The van der Waals surface area contributed by atoms with Gasteiger partial charge in [0.2, 0.25) is 0 Å². The summed E-state index contributed by atoms with van der Waals surface area (Å²) in [6.45, 7) is 4.35. The van der Waals surface area contributed by atoms with Gasteiger partial charge in [-0.05, 0) is 56.2 Å². The molecule has 0 heterocycles. The third-order valence-electron chi connectivity index (χ3n) is 4.07. The monoisotopic (exact) mass is 232 g/mol. The summed E-state index contributed by atoms with van der Waals surface area (Å²) in [5.74, 6) is 0.955. The van der Waals surface area contributed by atoms with Crippen LogP contribution in [0.5, 0.6) is 0 Å². The molecule has 1 fully saturated rings. The first-order valence-corrected chi connectivity index (χ1v) is 6.81. The lowest BCUT2D eigenvalue weighted by Gasteiger charge is -2.29. The van der Waals surface area contributed by atoms with Crippen LogP contribution in [0.25, 0.3) is 0 Å². The molecule has 1 aromatic carbocycles. The van der Waals surface area contributed by atoms with Crippen molar-refractivity contribution in [2.75, 3.05) is 11.1 Å². The molecule has 0 aromatic heterocycles. The summed E-state index contributed by atoms with van der Waals surface area (Å²) in [4.78, 5) is 0. The number of hydrogen-bond acceptors (Lipinski definition) is 2. The van der Waals surface area contributed by atoms with Crippen LogP contribution in [0.4, 0.5) is 11.4 Å². The van der Waals surface area contributed by atoms with Gasteiger partial charge in [0, 0.05) is 17.4 Å². The van der Waals surface area contributed by atoms with Gasteiger partial charge in [-0.3, -0.25) is 0 Å². The Morgan fingerprint density at radius 2 is 1.94 bits per heavy atom. The second-order valence-electron chi connectivity index (χ2n) is 5.34. The smallest absolute Gasteiger partial charge is 0.0364 e. The van der Waals surface area contributed by atoms with E-state index in [1.165, 1.54) is 37.8 Å². The fraction of sp³-hybridized carbons (Fsp3) is 0.600. The first kappa shape index (κ1) is 12.3. The number of rotatable bonds is 3. The first-order chi connectivity index (χ1) is 8.19. The molecule has 0 saturated heterocycles. The van der Waals surface area contributed by atoms with Crippen LogP contribution in [0.2, 0.25) is 0 Å². The van der Waals surface area contributed by atoms with Crippen molar-refractivity contribution in [3.05, 3.63) is 23.8 Å². The number of aryl methyl sites for hydroxylation is 1. The Morgan fingerprint density at radius 3 is 2.53 bits per heavy atom. The summed E-state index contributed by atoms with van der Waals surface area (Å²) < 4.78 is 0. The highest BCUT2D eigenvalue weighted by atomic mass is 14.9. The molecule has 0 atom stereocenters. The molecule has 1 aromatic rings. The summed E-state index contributed by atoms with van der Waals surface area (Å²) in [6.07, 6.45) is 6.67. The van der Waals surface area contributed by atoms with Gasteiger partial charge in [0.25, 0.3) is 0 Å². The van der Waals surface area contributed by atoms with E-state index in [4.69, 9.17) is 5.73 Å². The van der Waals surface area contributed by atoms with Crippen LogP contribution in [0.15, 0.2) is 18.2 Å². The second kappa shape index (κ2) is 5.44. The lowest BCUT2D eigenvalue weighted by Crippen LogP contribution is -2.25. The van der Waals surface area contributed by atoms with Crippen molar-refractivity contribution >= 4 is 11.4 Å². The SMILES string of the molecule is CCC1CCC(Nc2ccc(C)c(N)c2)CC1. The van der Waals surface area contributed by atoms with Gasteiger partial charge in [-0.25, -0.2) is 0 Å². The van der Waals surface area contributed by atoms with Gasteiger partial charge >= 0.3 is 0 Å². The third-order valence-corrected chi connectivity index (χ3v) is 4.07. The van der Waals surface area contributed by atoms with Crippen LogP contribution in [0.1, 0.15) is 44.6 Å². The molecule has 2 rings (SSSR count). The Bertz CT molecular complexity index is 365. The molecule has 0 amide bonds. The van der Waals surface area contributed by atoms with Crippen LogP contribution in [-0.2, 0) is 0 Å². The predicted octanol–water partition coefficient (Wildman–Crippen LogP) is 3.96. The maximum Gasteiger partial charge on any atom is 0.0364 e.